The van der Waals surface area contributed by atoms with Gasteiger partial charge in [-0.1, -0.05) is 29.8 Å². The van der Waals surface area contributed by atoms with E-state index in [9.17, 15) is 4.79 Å². The largest absolute Gasteiger partial charge is 0.273 e. The number of carbonyl (C=O) groups excluding carboxylic acids is 1. The van der Waals surface area contributed by atoms with Gasteiger partial charge in [0.25, 0.3) is 0 Å². The first-order chi connectivity index (χ1) is 9.15. The summed E-state index contributed by atoms with van der Waals surface area (Å²) in [7, 11) is 0. The Bertz CT molecular complexity index is 593. The first kappa shape index (κ1) is 13.8. The van der Waals surface area contributed by atoms with Crippen LogP contribution in [0.25, 0.3) is 0 Å². The lowest BCUT2D eigenvalue weighted by molar-refractivity contribution is -0.120. The molecule has 0 fully saturated rings. The minimum atomic E-state index is -0.121. The van der Waals surface area contributed by atoms with Gasteiger partial charge >= 0.3 is 0 Å². The minimum absolute atomic E-state index is 0.121. The van der Waals surface area contributed by atoms with Crippen molar-refractivity contribution in [1.29, 1.82) is 0 Å². The Kier molecular flexibility index (Phi) is 4.71. The summed E-state index contributed by atoms with van der Waals surface area (Å²) >= 11 is 7.46. The van der Waals surface area contributed by atoms with Gasteiger partial charge in [0.05, 0.1) is 12.1 Å². The molecular weight excluding hydrogens is 280 g/mol. The lowest BCUT2D eigenvalue weighted by Gasteiger charge is -2.02. The van der Waals surface area contributed by atoms with Crippen LogP contribution in [-0.2, 0) is 11.2 Å². The lowest BCUT2D eigenvalue weighted by atomic mass is 10.1. The van der Waals surface area contributed by atoms with Crippen LogP contribution in [0, 0.1) is 0 Å². The molecular formula is C14H13ClN2OS. The van der Waals surface area contributed by atoms with E-state index < -0.39 is 0 Å². The third-order valence-electron chi connectivity index (χ3n) is 2.51. The summed E-state index contributed by atoms with van der Waals surface area (Å²) < 4.78 is 0. The van der Waals surface area contributed by atoms with Crippen LogP contribution in [0.3, 0.4) is 0 Å². The smallest absolute Gasteiger partial charge is 0.245 e. The van der Waals surface area contributed by atoms with Crippen molar-refractivity contribution in [2.75, 3.05) is 0 Å². The monoisotopic (exact) mass is 292 g/mol. The van der Waals surface area contributed by atoms with E-state index in [1.807, 2.05) is 42.6 Å². The van der Waals surface area contributed by atoms with E-state index in [0.717, 1.165) is 16.2 Å². The van der Waals surface area contributed by atoms with Crippen LogP contribution in [-0.4, -0.2) is 11.6 Å². The van der Waals surface area contributed by atoms with Gasteiger partial charge in [-0.15, -0.1) is 11.3 Å². The van der Waals surface area contributed by atoms with Crippen LogP contribution >= 0.6 is 22.9 Å². The Hall–Kier alpha value is -1.65. The predicted octanol–water partition coefficient (Wildman–Crippen LogP) is 3.48. The van der Waals surface area contributed by atoms with E-state index >= 15 is 0 Å². The third kappa shape index (κ3) is 4.19. The fourth-order valence-electron chi connectivity index (χ4n) is 1.54. The molecule has 1 N–H and O–H groups in total. The summed E-state index contributed by atoms with van der Waals surface area (Å²) in [5.41, 5.74) is 4.17. The molecule has 1 heterocycles. The molecule has 0 spiro atoms. The first-order valence-corrected chi connectivity index (χ1v) is 7.02. The van der Waals surface area contributed by atoms with Crippen molar-refractivity contribution in [2.45, 2.75) is 13.3 Å². The maximum atomic E-state index is 11.7. The first-order valence-electron chi connectivity index (χ1n) is 5.76. The number of halogens is 1. The van der Waals surface area contributed by atoms with E-state index in [0.29, 0.717) is 11.4 Å². The number of nitrogens with one attached hydrogen (secondary N) is 1. The van der Waals surface area contributed by atoms with Crippen LogP contribution in [0.1, 0.15) is 17.4 Å². The molecule has 5 heteroatoms. The van der Waals surface area contributed by atoms with Crippen LogP contribution in [0.5, 0.6) is 0 Å². The summed E-state index contributed by atoms with van der Waals surface area (Å²) in [5.74, 6) is -0.121. The zero-order valence-corrected chi connectivity index (χ0v) is 12.0. The predicted molar refractivity (Wildman–Crippen MR) is 79.8 cm³/mol. The van der Waals surface area contributed by atoms with Gasteiger partial charge in [0, 0.05) is 9.90 Å². The number of benzene rings is 1. The van der Waals surface area contributed by atoms with E-state index in [1.165, 1.54) is 0 Å². The van der Waals surface area contributed by atoms with Gasteiger partial charge < -0.3 is 0 Å². The summed E-state index contributed by atoms with van der Waals surface area (Å²) in [6, 6.07) is 11.2. The van der Waals surface area contributed by atoms with E-state index in [1.54, 1.807) is 17.4 Å². The second kappa shape index (κ2) is 6.50. The Balaban J connectivity index is 1.96. The molecule has 2 rings (SSSR count). The molecule has 0 aliphatic heterocycles. The number of rotatable bonds is 4. The SMILES string of the molecule is C/C(=N/NC(=O)Cc1cccs1)c1cccc(Cl)c1. The normalized spacial score (nSPS) is 11.4. The molecule has 0 saturated carbocycles. The molecule has 0 aliphatic rings. The molecule has 1 amide bonds. The van der Waals surface area contributed by atoms with Crippen molar-refractivity contribution in [3.8, 4) is 0 Å². The molecule has 98 valence electrons. The average Bonchev–Trinajstić information content (AvgIpc) is 2.88. The van der Waals surface area contributed by atoms with Crippen molar-refractivity contribution in [1.82, 2.24) is 5.43 Å². The Labute approximate surface area is 120 Å². The molecule has 1 aromatic heterocycles. The standard InChI is InChI=1S/C14H13ClN2OS/c1-10(11-4-2-5-12(15)8-11)16-17-14(18)9-13-6-3-7-19-13/h2-8H,9H2,1H3,(H,17,18)/b16-10-. The number of hydrogen-bond donors (Lipinski definition) is 1. The molecule has 0 radical (unpaired) electrons. The number of hydrogen-bond acceptors (Lipinski definition) is 3. The molecule has 3 nitrogen and oxygen atoms in total. The highest BCUT2D eigenvalue weighted by Gasteiger charge is 2.04. The number of hydrazone groups is 1. The number of amides is 1. The van der Waals surface area contributed by atoms with Crippen LogP contribution in [0.2, 0.25) is 5.02 Å². The summed E-state index contributed by atoms with van der Waals surface area (Å²) in [5, 5.41) is 6.68. The Morgan fingerprint density at radius 1 is 1.37 bits per heavy atom. The highest BCUT2D eigenvalue weighted by molar-refractivity contribution is 7.10. The van der Waals surface area contributed by atoms with Gasteiger partial charge in [0.15, 0.2) is 0 Å². The molecule has 0 bridgehead atoms. The lowest BCUT2D eigenvalue weighted by Crippen LogP contribution is -2.20. The number of thiophene rings is 1. The quantitative estimate of drug-likeness (QED) is 0.680. The summed E-state index contributed by atoms with van der Waals surface area (Å²) in [4.78, 5) is 12.7. The molecule has 19 heavy (non-hydrogen) atoms. The maximum absolute atomic E-state index is 11.7. The molecule has 0 aliphatic carbocycles. The molecule has 1 aromatic carbocycles. The Morgan fingerprint density at radius 3 is 2.89 bits per heavy atom. The Morgan fingerprint density at radius 2 is 2.21 bits per heavy atom. The van der Waals surface area contributed by atoms with E-state index in [4.69, 9.17) is 11.6 Å². The van der Waals surface area contributed by atoms with Gasteiger partial charge in [-0.05, 0) is 36.1 Å². The summed E-state index contributed by atoms with van der Waals surface area (Å²) in [6.45, 7) is 1.83. The van der Waals surface area contributed by atoms with Gasteiger partial charge in [-0.25, -0.2) is 5.43 Å². The van der Waals surface area contributed by atoms with Crippen LogP contribution in [0.4, 0.5) is 0 Å². The number of carbonyl (C=O) groups is 1. The minimum Gasteiger partial charge on any atom is -0.273 e. The van der Waals surface area contributed by atoms with Crippen LogP contribution in [0.15, 0.2) is 46.9 Å². The molecule has 0 saturated heterocycles. The van der Waals surface area contributed by atoms with Gasteiger partial charge in [0.1, 0.15) is 0 Å². The highest BCUT2D eigenvalue weighted by atomic mass is 35.5. The van der Waals surface area contributed by atoms with Crippen molar-refractivity contribution >= 4 is 34.6 Å². The van der Waals surface area contributed by atoms with Crippen LogP contribution < -0.4 is 5.43 Å². The van der Waals surface area contributed by atoms with E-state index in [-0.39, 0.29) is 5.91 Å². The van der Waals surface area contributed by atoms with Crippen molar-refractivity contribution in [3.63, 3.8) is 0 Å². The number of nitrogens with zero attached hydrogens (tertiary/aromatic N) is 1. The van der Waals surface area contributed by atoms with Gasteiger partial charge in [0.2, 0.25) is 5.91 Å². The van der Waals surface area contributed by atoms with Crippen molar-refractivity contribution < 1.29 is 4.79 Å². The summed E-state index contributed by atoms with van der Waals surface area (Å²) in [6.07, 6.45) is 0.351. The zero-order valence-electron chi connectivity index (χ0n) is 10.4. The van der Waals surface area contributed by atoms with Gasteiger partial charge in [-0.3, -0.25) is 4.79 Å². The second-order valence-corrected chi connectivity index (χ2v) is 5.47. The van der Waals surface area contributed by atoms with Crippen molar-refractivity contribution in [2.24, 2.45) is 5.10 Å². The average molecular weight is 293 g/mol. The molecule has 2 aromatic rings. The van der Waals surface area contributed by atoms with Gasteiger partial charge in [-0.2, -0.15) is 5.10 Å². The third-order valence-corrected chi connectivity index (χ3v) is 3.62. The second-order valence-electron chi connectivity index (χ2n) is 4.00. The van der Waals surface area contributed by atoms with E-state index in [2.05, 4.69) is 10.5 Å². The molecule has 0 atom stereocenters. The highest BCUT2D eigenvalue weighted by Crippen LogP contribution is 2.11. The zero-order chi connectivity index (χ0) is 13.7. The maximum Gasteiger partial charge on any atom is 0.245 e. The fraction of sp³-hybridized carbons (Fsp3) is 0.143. The molecule has 0 unspecified atom stereocenters. The fourth-order valence-corrected chi connectivity index (χ4v) is 2.43. The topological polar surface area (TPSA) is 41.5 Å². The van der Waals surface area contributed by atoms with Crippen molar-refractivity contribution in [3.05, 3.63) is 57.2 Å².